The summed E-state index contributed by atoms with van der Waals surface area (Å²) < 4.78 is 11.5. The molecule has 0 aliphatic carbocycles. The molecule has 1 aliphatic rings. The third-order valence-electron chi connectivity index (χ3n) is 4.72. The van der Waals surface area contributed by atoms with Crippen LogP contribution in [-0.4, -0.2) is 37.8 Å². The Morgan fingerprint density at radius 2 is 1.52 bits per heavy atom. The summed E-state index contributed by atoms with van der Waals surface area (Å²) in [6.45, 7) is 17.6. The molecule has 1 fully saturated rings. The molecule has 4 heteroatoms. The zero-order chi connectivity index (χ0) is 16.5. The van der Waals surface area contributed by atoms with Gasteiger partial charge in [-0.05, 0) is 30.5 Å². The summed E-state index contributed by atoms with van der Waals surface area (Å²) in [6, 6.07) is 0. The van der Waals surface area contributed by atoms with Gasteiger partial charge in [-0.3, -0.25) is 0 Å². The summed E-state index contributed by atoms with van der Waals surface area (Å²) in [6.07, 6.45) is 0. The minimum absolute atomic E-state index is 0.123. The van der Waals surface area contributed by atoms with Crippen molar-refractivity contribution in [2.75, 3.05) is 13.2 Å². The number of hydrogen-bond donors (Lipinski definition) is 1. The Morgan fingerprint density at radius 3 is 1.81 bits per heavy atom. The van der Waals surface area contributed by atoms with Crippen LogP contribution in [0.5, 0.6) is 0 Å². The second-order valence-corrected chi connectivity index (χ2v) is 13.2. The molecule has 1 saturated heterocycles. The Labute approximate surface area is 131 Å². The van der Waals surface area contributed by atoms with Crippen molar-refractivity contribution in [3.8, 4) is 11.5 Å². The second-order valence-electron chi connectivity index (χ2n) is 7.59. The fourth-order valence-electron chi connectivity index (χ4n) is 3.65. The van der Waals surface area contributed by atoms with Crippen molar-refractivity contribution in [2.45, 2.75) is 83.4 Å². The molecule has 1 unspecified atom stereocenters. The van der Waals surface area contributed by atoms with Gasteiger partial charge in [0.15, 0.2) is 11.4 Å². The van der Waals surface area contributed by atoms with E-state index < -0.39 is 19.5 Å². The highest BCUT2D eigenvalue weighted by Crippen LogP contribution is 2.41. The van der Waals surface area contributed by atoms with Crippen LogP contribution in [0, 0.1) is 11.5 Å². The zero-order valence-electron chi connectivity index (χ0n) is 14.9. The molecule has 0 amide bonds. The molecule has 1 N–H and O–H groups in total. The zero-order valence-corrected chi connectivity index (χ0v) is 15.9. The molecule has 1 rings (SSSR count). The number of aliphatic hydroxyl groups excluding tert-OH is 1. The maximum absolute atomic E-state index is 9.77. The van der Waals surface area contributed by atoms with Crippen LogP contribution in [0.4, 0.5) is 0 Å². The minimum atomic E-state index is -1.81. The van der Waals surface area contributed by atoms with Crippen LogP contribution in [0.15, 0.2) is 0 Å². The van der Waals surface area contributed by atoms with Gasteiger partial charge in [0.2, 0.25) is 0 Å². The third-order valence-corrected chi connectivity index (χ3v) is 11.0. The van der Waals surface area contributed by atoms with Gasteiger partial charge in [0.1, 0.15) is 8.07 Å². The van der Waals surface area contributed by atoms with Crippen LogP contribution in [0.25, 0.3) is 0 Å². The van der Waals surface area contributed by atoms with E-state index in [-0.39, 0.29) is 6.61 Å². The van der Waals surface area contributed by atoms with Gasteiger partial charge in [-0.1, -0.05) is 47.5 Å². The van der Waals surface area contributed by atoms with Gasteiger partial charge < -0.3 is 14.6 Å². The molecule has 0 aromatic carbocycles. The quantitative estimate of drug-likeness (QED) is 0.635. The first-order valence-corrected chi connectivity index (χ1v) is 10.2. The SMILES string of the molecule is CC(C)[Si](C#CC1(CO)COC(C)(C)O1)(C(C)C)C(C)C. The van der Waals surface area contributed by atoms with Crippen molar-refractivity contribution < 1.29 is 14.6 Å². The maximum Gasteiger partial charge on any atom is 0.177 e. The molecule has 3 nitrogen and oxygen atoms in total. The summed E-state index contributed by atoms with van der Waals surface area (Å²) in [5, 5.41) is 9.77. The van der Waals surface area contributed by atoms with Gasteiger partial charge in [0.05, 0.1) is 13.2 Å². The standard InChI is InChI=1S/C17H32O3Si/c1-13(2)21(14(3)4,15(5)6)10-9-17(11-18)12-19-16(7,8)20-17/h13-15,18H,11-12H2,1-8H3. The molecule has 0 radical (unpaired) electrons. The fourth-order valence-corrected chi connectivity index (χ4v) is 8.96. The molecule has 0 saturated carbocycles. The van der Waals surface area contributed by atoms with E-state index in [0.29, 0.717) is 23.2 Å². The van der Waals surface area contributed by atoms with E-state index in [9.17, 15) is 5.11 Å². The van der Waals surface area contributed by atoms with Crippen LogP contribution < -0.4 is 0 Å². The number of hydrogen-bond acceptors (Lipinski definition) is 3. The monoisotopic (exact) mass is 312 g/mol. The van der Waals surface area contributed by atoms with Gasteiger partial charge >= 0.3 is 0 Å². The van der Waals surface area contributed by atoms with E-state index in [1.807, 2.05) is 13.8 Å². The highest BCUT2D eigenvalue weighted by molar-refractivity contribution is 6.90. The van der Waals surface area contributed by atoms with E-state index in [1.54, 1.807) is 0 Å². The number of rotatable bonds is 4. The molecule has 1 aliphatic heterocycles. The summed E-state index contributed by atoms with van der Waals surface area (Å²) in [4.78, 5) is 0. The average Bonchev–Trinajstić information content (AvgIpc) is 2.65. The van der Waals surface area contributed by atoms with Gasteiger partial charge in [-0.25, -0.2) is 0 Å². The molecule has 21 heavy (non-hydrogen) atoms. The molecule has 1 atom stereocenters. The lowest BCUT2D eigenvalue weighted by atomic mass is 10.1. The summed E-state index contributed by atoms with van der Waals surface area (Å²) in [5.41, 5.74) is 4.46. The molecular formula is C17H32O3Si. The Balaban J connectivity index is 3.21. The highest BCUT2D eigenvalue weighted by atomic mass is 28.3. The van der Waals surface area contributed by atoms with Crippen molar-refractivity contribution >= 4 is 8.07 Å². The van der Waals surface area contributed by atoms with Gasteiger partial charge in [0.25, 0.3) is 0 Å². The summed E-state index contributed by atoms with van der Waals surface area (Å²) in [5.74, 6) is 2.63. The van der Waals surface area contributed by atoms with Crippen molar-refractivity contribution in [3.05, 3.63) is 0 Å². The third kappa shape index (κ3) is 3.71. The summed E-state index contributed by atoms with van der Waals surface area (Å²) in [7, 11) is -1.81. The Hall–Kier alpha value is -0.343. The number of aliphatic hydroxyl groups is 1. The summed E-state index contributed by atoms with van der Waals surface area (Å²) >= 11 is 0. The predicted octanol–water partition coefficient (Wildman–Crippen LogP) is 3.72. The lowest BCUT2D eigenvalue weighted by Crippen LogP contribution is -2.45. The first-order chi connectivity index (χ1) is 9.51. The smallest absolute Gasteiger partial charge is 0.177 e. The molecule has 1 heterocycles. The lowest BCUT2D eigenvalue weighted by molar-refractivity contribution is -0.155. The molecular weight excluding hydrogens is 280 g/mol. The van der Waals surface area contributed by atoms with Crippen LogP contribution in [0.3, 0.4) is 0 Å². The molecule has 122 valence electrons. The van der Waals surface area contributed by atoms with Crippen molar-refractivity contribution in [1.29, 1.82) is 0 Å². The minimum Gasteiger partial charge on any atom is -0.392 e. The Morgan fingerprint density at radius 1 is 1.05 bits per heavy atom. The Kier molecular flexibility index (Phi) is 5.71. The van der Waals surface area contributed by atoms with Crippen LogP contribution in [0.1, 0.15) is 55.4 Å². The van der Waals surface area contributed by atoms with Gasteiger partial charge in [0, 0.05) is 0 Å². The van der Waals surface area contributed by atoms with E-state index in [2.05, 4.69) is 53.0 Å². The highest BCUT2D eigenvalue weighted by Gasteiger charge is 2.46. The van der Waals surface area contributed by atoms with Gasteiger partial charge in [-0.2, -0.15) is 0 Å². The van der Waals surface area contributed by atoms with Crippen LogP contribution >= 0.6 is 0 Å². The predicted molar refractivity (Wildman–Crippen MR) is 89.8 cm³/mol. The first-order valence-electron chi connectivity index (χ1n) is 8.00. The van der Waals surface area contributed by atoms with E-state index in [4.69, 9.17) is 9.47 Å². The van der Waals surface area contributed by atoms with E-state index >= 15 is 0 Å². The van der Waals surface area contributed by atoms with E-state index in [0.717, 1.165) is 0 Å². The lowest BCUT2D eigenvalue weighted by Gasteiger charge is -2.38. The molecule has 0 spiro atoms. The van der Waals surface area contributed by atoms with Crippen molar-refractivity contribution in [1.82, 2.24) is 0 Å². The fraction of sp³-hybridized carbons (Fsp3) is 0.882. The molecule has 0 aromatic rings. The Bertz CT molecular complexity index is 396. The average molecular weight is 313 g/mol. The largest absolute Gasteiger partial charge is 0.392 e. The molecule has 0 aromatic heterocycles. The van der Waals surface area contributed by atoms with Crippen molar-refractivity contribution in [3.63, 3.8) is 0 Å². The second kappa shape index (κ2) is 6.42. The molecule has 0 bridgehead atoms. The van der Waals surface area contributed by atoms with Gasteiger partial charge in [-0.15, -0.1) is 5.54 Å². The maximum atomic E-state index is 9.77. The normalized spacial score (nSPS) is 25.5. The topological polar surface area (TPSA) is 38.7 Å². The number of ether oxygens (including phenoxy) is 2. The van der Waals surface area contributed by atoms with Crippen LogP contribution in [-0.2, 0) is 9.47 Å². The van der Waals surface area contributed by atoms with Crippen molar-refractivity contribution in [2.24, 2.45) is 0 Å². The first kappa shape index (κ1) is 18.7. The van der Waals surface area contributed by atoms with Crippen LogP contribution in [0.2, 0.25) is 16.6 Å². The van der Waals surface area contributed by atoms with E-state index in [1.165, 1.54) is 0 Å².